The number of nitrogens with one attached hydrogen (secondary N) is 1. The van der Waals surface area contributed by atoms with Crippen LogP contribution >= 0.6 is 50.1 Å². The Morgan fingerprint density at radius 2 is 2.19 bits per heavy atom. The Labute approximate surface area is 119 Å². The summed E-state index contributed by atoms with van der Waals surface area (Å²) in [5, 5.41) is 0.549. The van der Waals surface area contributed by atoms with E-state index in [2.05, 4.69) is 25.9 Å². The first-order valence-corrected chi connectivity index (χ1v) is 6.53. The smallest absolute Gasteiger partial charge is 0.264 e. The van der Waals surface area contributed by atoms with E-state index in [-0.39, 0.29) is 5.56 Å². The van der Waals surface area contributed by atoms with Crippen LogP contribution in [0, 0.1) is 3.57 Å². The summed E-state index contributed by atoms with van der Waals surface area (Å²) in [5.41, 5.74) is 0.534. The van der Waals surface area contributed by atoms with Gasteiger partial charge in [-0.15, -0.1) is 0 Å². The number of benzene rings is 1. The number of aromatic amines is 1. The lowest BCUT2D eigenvalue weighted by atomic mass is 10.2. The summed E-state index contributed by atoms with van der Waals surface area (Å²) in [5.74, 6) is 0.469. The summed E-state index contributed by atoms with van der Waals surface area (Å²) in [6, 6.07) is 5.39. The fraction of sp³-hybridized carbons (Fsp3) is 0. The summed E-state index contributed by atoms with van der Waals surface area (Å²) < 4.78 is 1.43. The zero-order chi connectivity index (χ0) is 11.7. The Balaban J connectivity index is 2.63. The molecule has 0 unspecified atom stereocenters. The topological polar surface area (TPSA) is 45.8 Å². The van der Waals surface area contributed by atoms with Crippen molar-refractivity contribution < 1.29 is 0 Å². The summed E-state index contributed by atoms with van der Waals surface area (Å²) in [4.78, 5) is 18.3. The number of aromatic nitrogens is 2. The van der Waals surface area contributed by atoms with E-state index in [1.807, 2.05) is 34.7 Å². The van der Waals surface area contributed by atoms with Gasteiger partial charge in [0, 0.05) is 16.2 Å². The predicted octanol–water partition coefficient (Wildman–Crippen LogP) is 3.46. The van der Waals surface area contributed by atoms with Gasteiger partial charge in [-0.2, -0.15) is 0 Å². The minimum Gasteiger partial charge on any atom is -0.306 e. The summed E-state index contributed by atoms with van der Waals surface area (Å²) >= 11 is 11.3. The van der Waals surface area contributed by atoms with Crippen LogP contribution in [0.25, 0.3) is 11.4 Å². The van der Waals surface area contributed by atoms with Crippen LogP contribution in [0.4, 0.5) is 0 Å². The molecule has 3 nitrogen and oxygen atoms in total. The van der Waals surface area contributed by atoms with Gasteiger partial charge in [0.15, 0.2) is 0 Å². The molecule has 0 aliphatic carbocycles. The molecule has 1 aromatic carbocycles. The molecule has 0 saturated carbocycles. The van der Waals surface area contributed by atoms with Gasteiger partial charge in [0.2, 0.25) is 0 Å². The van der Waals surface area contributed by atoms with Crippen LogP contribution < -0.4 is 5.56 Å². The Kier molecular flexibility index (Phi) is 3.66. The minimum atomic E-state index is -0.165. The molecule has 0 bridgehead atoms. The van der Waals surface area contributed by atoms with Crippen molar-refractivity contribution in [2.75, 3.05) is 0 Å². The van der Waals surface area contributed by atoms with E-state index in [1.165, 1.54) is 6.20 Å². The molecule has 0 spiro atoms. The first-order chi connectivity index (χ1) is 7.58. The van der Waals surface area contributed by atoms with Crippen molar-refractivity contribution >= 4 is 50.1 Å². The fourth-order valence-corrected chi connectivity index (χ4v) is 2.04. The standard InChI is InChI=1S/C10H5BrClIN2O/c11-5-1-2-7(12)6(3-5)9-14-4-8(13)10(16)15-9/h1-4H,(H,14,15,16). The normalized spacial score (nSPS) is 10.4. The molecule has 2 aromatic rings. The maximum Gasteiger partial charge on any atom is 0.264 e. The van der Waals surface area contributed by atoms with Crippen LogP contribution in [0.5, 0.6) is 0 Å². The summed E-state index contributed by atoms with van der Waals surface area (Å²) in [6.45, 7) is 0. The maximum absolute atomic E-state index is 11.5. The Morgan fingerprint density at radius 1 is 1.44 bits per heavy atom. The van der Waals surface area contributed by atoms with Crippen molar-refractivity contribution in [1.29, 1.82) is 0 Å². The van der Waals surface area contributed by atoms with Gasteiger partial charge in [-0.3, -0.25) is 4.79 Å². The molecule has 1 heterocycles. The van der Waals surface area contributed by atoms with Crippen molar-refractivity contribution in [1.82, 2.24) is 9.97 Å². The quantitative estimate of drug-likeness (QED) is 0.731. The van der Waals surface area contributed by atoms with E-state index in [9.17, 15) is 4.79 Å². The molecule has 0 amide bonds. The van der Waals surface area contributed by atoms with Crippen LogP contribution in [-0.4, -0.2) is 9.97 Å². The van der Waals surface area contributed by atoms with Gasteiger partial charge in [0.1, 0.15) is 5.82 Å². The number of rotatable bonds is 1. The molecule has 0 saturated heterocycles. The fourth-order valence-electron chi connectivity index (χ4n) is 1.20. The van der Waals surface area contributed by atoms with Gasteiger partial charge in [-0.05, 0) is 40.8 Å². The molecule has 0 radical (unpaired) electrons. The van der Waals surface area contributed by atoms with Crippen molar-refractivity contribution in [3.05, 3.63) is 47.8 Å². The maximum atomic E-state index is 11.5. The lowest BCUT2D eigenvalue weighted by molar-refractivity contribution is 1.11. The average Bonchev–Trinajstić information content (AvgIpc) is 2.26. The highest BCUT2D eigenvalue weighted by Gasteiger charge is 2.07. The molecule has 0 aliphatic heterocycles. The van der Waals surface area contributed by atoms with Gasteiger partial charge >= 0.3 is 0 Å². The van der Waals surface area contributed by atoms with Crippen LogP contribution in [0.15, 0.2) is 33.7 Å². The third-order valence-corrected chi connectivity index (χ3v) is 3.53. The summed E-state index contributed by atoms with van der Waals surface area (Å²) in [6.07, 6.45) is 1.52. The van der Waals surface area contributed by atoms with Gasteiger partial charge in [0.25, 0.3) is 5.56 Å². The highest BCUT2D eigenvalue weighted by molar-refractivity contribution is 14.1. The second-order valence-corrected chi connectivity index (χ2v) is 5.52. The van der Waals surface area contributed by atoms with Crippen molar-refractivity contribution in [3.8, 4) is 11.4 Å². The highest BCUT2D eigenvalue weighted by atomic mass is 127. The third-order valence-electron chi connectivity index (χ3n) is 1.94. The molecule has 82 valence electrons. The van der Waals surface area contributed by atoms with E-state index < -0.39 is 0 Å². The van der Waals surface area contributed by atoms with Crippen LogP contribution in [-0.2, 0) is 0 Å². The minimum absolute atomic E-state index is 0.165. The average molecular weight is 411 g/mol. The number of hydrogen-bond donors (Lipinski definition) is 1. The zero-order valence-electron chi connectivity index (χ0n) is 7.80. The second kappa shape index (κ2) is 4.85. The van der Waals surface area contributed by atoms with Crippen LogP contribution in [0.3, 0.4) is 0 Å². The van der Waals surface area contributed by atoms with E-state index in [0.717, 1.165) is 4.47 Å². The van der Waals surface area contributed by atoms with E-state index in [0.29, 0.717) is 20.0 Å². The number of halogens is 3. The second-order valence-electron chi connectivity index (χ2n) is 3.03. The molecular weight excluding hydrogens is 406 g/mol. The van der Waals surface area contributed by atoms with Crippen molar-refractivity contribution in [2.45, 2.75) is 0 Å². The first kappa shape index (κ1) is 12.1. The van der Waals surface area contributed by atoms with Gasteiger partial charge < -0.3 is 4.98 Å². The monoisotopic (exact) mass is 410 g/mol. The molecule has 0 aliphatic rings. The van der Waals surface area contributed by atoms with E-state index in [1.54, 1.807) is 6.07 Å². The summed E-state index contributed by atoms with van der Waals surface area (Å²) in [7, 11) is 0. The number of hydrogen-bond acceptors (Lipinski definition) is 2. The SMILES string of the molecule is O=c1[nH]c(-c2cc(Br)ccc2Cl)ncc1I. The van der Waals surface area contributed by atoms with E-state index in [4.69, 9.17) is 11.6 Å². The molecule has 1 N–H and O–H groups in total. The molecule has 16 heavy (non-hydrogen) atoms. The molecule has 0 atom stereocenters. The van der Waals surface area contributed by atoms with Gasteiger partial charge in [-0.25, -0.2) is 4.98 Å². The number of nitrogens with zero attached hydrogens (tertiary/aromatic N) is 1. The number of H-pyrrole nitrogens is 1. The third kappa shape index (κ3) is 2.46. The zero-order valence-corrected chi connectivity index (χ0v) is 12.3. The Hall–Kier alpha value is -0.400. The van der Waals surface area contributed by atoms with Gasteiger partial charge in [-0.1, -0.05) is 27.5 Å². The largest absolute Gasteiger partial charge is 0.306 e. The predicted molar refractivity (Wildman–Crippen MR) is 75.7 cm³/mol. The van der Waals surface area contributed by atoms with Crippen molar-refractivity contribution in [3.63, 3.8) is 0 Å². The Morgan fingerprint density at radius 3 is 2.88 bits per heavy atom. The first-order valence-electron chi connectivity index (χ1n) is 4.28. The Bertz CT molecular complexity index is 600. The highest BCUT2D eigenvalue weighted by Crippen LogP contribution is 2.27. The molecule has 0 fully saturated rings. The van der Waals surface area contributed by atoms with Crippen LogP contribution in [0.1, 0.15) is 0 Å². The van der Waals surface area contributed by atoms with E-state index >= 15 is 0 Å². The lowest BCUT2D eigenvalue weighted by Crippen LogP contribution is -2.11. The molecule has 1 aromatic heterocycles. The van der Waals surface area contributed by atoms with Gasteiger partial charge in [0.05, 0.1) is 8.59 Å². The molecule has 6 heteroatoms. The van der Waals surface area contributed by atoms with Crippen molar-refractivity contribution in [2.24, 2.45) is 0 Å². The van der Waals surface area contributed by atoms with Crippen LogP contribution in [0.2, 0.25) is 5.02 Å². The molecular formula is C10H5BrClIN2O. The lowest BCUT2D eigenvalue weighted by Gasteiger charge is -2.03. The molecule has 2 rings (SSSR count).